The molecule has 0 spiro atoms. The van der Waals surface area contributed by atoms with Crippen LogP contribution in [-0.4, -0.2) is 22.2 Å². The second-order valence-corrected chi connectivity index (χ2v) is 7.65. The number of anilines is 1. The van der Waals surface area contributed by atoms with Crippen LogP contribution in [-0.2, 0) is 24.1 Å². The van der Waals surface area contributed by atoms with E-state index in [1.165, 1.54) is 0 Å². The van der Waals surface area contributed by atoms with Gasteiger partial charge in [0.05, 0.1) is 11.7 Å². The van der Waals surface area contributed by atoms with E-state index in [2.05, 4.69) is 18.5 Å². The fourth-order valence-corrected chi connectivity index (χ4v) is 3.55. The average molecular weight is 465 g/mol. The molecule has 0 aliphatic heterocycles. The zero-order chi connectivity index (χ0) is 23.1. The maximum Gasteiger partial charge on any atom is 0.241 e. The lowest BCUT2D eigenvalue weighted by Gasteiger charge is -2.17. The number of aromatic hydroxyl groups is 2. The van der Waals surface area contributed by atoms with Crippen LogP contribution >= 0.6 is 12.4 Å². The van der Waals surface area contributed by atoms with Gasteiger partial charge in [-0.1, -0.05) is 48.6 Å². The number of rotatable bonds is 9. The van der Waals surface area contributed by atoms with Gasteiger partial charge >= 0.3 is 0 Å². The predicted octanol–water partition coefficient (Wildman–Crippen LogP) is 5.15. The van der Waals surface area contributed by atoms with Crippen LogP contribution in [0, 0.1) is 0 Å². The van der Waals surface area contributed by atoms with Crippen molar-refractivity contribution in [3.8, 4) is 22.6 Å². The van der Waals surface area contributed by atoms with Gasteiger partial charge in [-0.05, 0) is 65.8 Å². The fourth-order valence-electron chi connectivity index (χ4n) is 3.55. The van der Waals surface area contributed by atoms with Gasteiger partial charge in [0.25, 0.3) is 0 Å². The molecule has 5 N–H and O–H groups in total. The molecule has 5 nitrogen and oxygen atoms in total. The van der Waals surface area contributed by atoms with E-state index < -0.39 is 6.04 Å². The summed E-state index contributed by atoms with van der Waals surface area (Å²) in [5, 5.41) is 23.8. The fraction of sp³-hybridized carbons (Fsp3) is 0.148. The first-order chi connectivity index (χ1) is 15.4. The molecular weight excluding hydrogens is 436 g/mol. The smallest absolute Gasteiger partial charge is 0.241 e. The number of amides is 1. The van der Waals surface area contributed by atoms with E-state index in [9.17, 15) is 15.0 Å². The first-order valence-electron chi connectivity index (χ1n) is 10.4. The topological polar surface area (TPSA) is 95.6 Å². The standard InChI is InChI=1S/C27H28N2O3.ClH/c1-3-8-19-14-22(20-12-13-25(30)21(17-20)9-4-2)26(31)24(16-19)29-27(32)23(28)15-18-10-6-5-7-11-18;/h3-7,10-14,16-17,23,30-31H,1-2,8-9,15,28H2,(H,29,32);1H. The molecule has 3 aromatic carbocycles. The number of halogens is 1. The lowest BCUT2D eigenvalue weighted by Crippen LogP contribution is -2.37. The third-order valence-electron chi connectivity index (χ3n) is 5.20. The van der Waals surface area contributed by atoms with Crippen LogP contribution in [0.2, 0.25) is 0 Å². The maximum atomic E-state index is 12.8. The summed E-state index contributed by atoms with van der Waals surface area (Å²) in [4.78, 5) is 12.8. The van der Waals surface area contributed by atoms with Gasteiger partial charge in [-0.2, -0.15) is 0 Å². The number of carbonyl (C=O) groups excluding carboxylic acids is 1. The summed E-state index contributed by atoms with van der Waals surface area (Å²) in [7, 11) is 0. The van der Waals surface area contributed by atoms with Gasteiger partial charge in [-0.25, -0.2) is 0 Å². The van der Waals surface area contributed by atoms with E-state index in [-0.39, 0.29) is 35.5 Å². The summed E-state index contributed by atoms with van der Waals surface area (Å²) in [5.74, 6) is -0.284. The number of phenols is 2. The second-order valence-electron chi connectivity index (χ2n) is 7.65. The van der Waals surface area contributed by atoms with Crippen molar-refractivity contribution in [1.82, 2.24) is 0 Å². The van der Waals surface area contributed by atoms with Crippen LogP contribution < -0.4 is 11.1 Å². The Bertz CT molecular complexity index is 1130. The molecule has 33 heavy (non-hydrogen) atoms. The molecule has 0 saturated heterocycles. The molecule has 0 radical (unpaired) electrons. The molecule has 0 fully saturated rings. The molecule has 3 rings (SSSR count). The van der Waals surface area contributed by atoms with E-state index in [1.54, 1.807) is 36.4 Å². The van der Waals surface area contributed by atoms with Crippen molar-refractivity contribution in [3.05, 3.63) is 103 Å². The largest absolute Gasteiger partial charge is 0.508 e. The third kappa shape index (κ3) is 6.48. The van der Waals surface area contributed by atoms with Gasteiger partial charge in [0.2, 0.25) is 5.91 Å². The van der Waals surface area contributed by atoms with Gasteiger partial charge in [-0.3, -0.25) is 4.79 Å². The lowest BCUT2D eigenvalue weighted by atomic mass is 9.96. The van der Waals surface area contributed by atoms with Crippen molar-refractivity contribution in [1.29, 1.82) is 0 Å². The average Bonchev–Trinajstić information content (AvgIpc) is 2.78. The predicted molar refractivity (Wildman–Crippen MR) is 137 cm³/mol. The third-order valence-corrected chi connectivity index (χ3v) is 5.20. The maximum absolute atomic E-state index is 12.8. The number of phenolic OH excluding ortho intramolecular Hbond substituents is 2. The summed E-state index contributed by atoms with van der Waals surface area (Å²) in [5.41, 5.74) is 10.2. The van der Waals surface area contributed by atoms with Crippen molar-refractivity contribution in [2.75, 3.05) is 5.32 Å². The Balaban J connectivity index is 0.00000385. The Hall–Kier alpha value is -3.54. The van der Waals surface area contributed by atoms with Crippen molar-refractivity contribution >= 4 is 24.0 Å². The minimum Gasteiger partial charge on any atom is -0.508 e. The Morgan fingerprint density at radius 2 is 1.67 bits per heavy atom. The zero-order valence-corrected chi connectivity index (χ0v) is 19.1. The molecule has 0 heterocycles. The molecule has 6 heteroatoms. The summed E-state index contributed by atoms with van der Waals surface area (Å²) >= 11 is 0. The van der Waals surface area contributed by atoms with Crippen molar-refractivity contribution in [2.24, 2.45) is 5.73 Å². The van der Waals surface area contributed by atoms with E-state index >= 15 is 0 Å². The van der Waals surface area contributed by atoms with E-state index in [1.807, 2.05) is 36.4 Å². The zero-order valence-electron chi connectivity index (χ0n) is 18.3. The molecule has 1 atom stereocenters. The normalized spacial score (nSPS) is 11.2. The first-order valence-corrected chi connectivity index (χ1v) is 10.4. The van der Waals surface area contributed by atoms with E-state index in [0.29, 0.717) is 36.0 Å². The molecule has 0 aromatic heterocycles. The lowest BCUT2D eigenvalue weighted by molar-refractivity contribution is -0.117. The van der Waals surface area contributed by atoms with Crippen LogP contribution in [0.25, 0.3) is 11.1 Å². The summed E-state index contributed by atoms with van der Waals surface area (Å²) in [6, 6.07) is 17.4. The van der Waals surface area contributed by atoms with Crippen molar-refractivity contribution in [3.63, 3.8) is 0 Å². The number of allylic oxidation sites excluding steroid dienone is 2. The van der Waals surface area contributed by atoms with Crippen LogP contribution in [0.15, 0.2) is 86.0 Å². The van der Waals surface area contributed by atoms with E-state index in [4.69, 9.17) is 5.73 Å². The Labute approximate surface area is 200 Å². The highest BCUT2D eigenvalue weighted by atomic mass is 35.5. The Morgan fingerprint density at radius 3 is 2.33 bits per heavy atom. The SMILES string of the molecule is C=CCc1cc(NC(=O)C(N)Cc2ccccc2)c(O)c(-c2ccc(O)c(CC=C)c2)c1.Cl. The Morgan fingerprint density at radius 1 is 0.970 bits per heavy atom. The molecule has 0 saturated carbocycles. The minimum atomic E-state index is -0.767. The molecule has 1 amide bonds. The highest BCUT2D eigenvalue weighted by molar-refractivity contribution is 5.97. The number of carbonyl (C=O) groups is 1. The molecule has 0 aliphatic rings. The monoisotopic (exact) mass is 464 g/mol. The number of nitrogens with one attached hydrogen (secondary N) is 1. The van der Waals surface area contributed by atoms with Crippen LogP contribution in [0.5, 0.6) is 11.5 Å². The van der Waals surface area contributed by atoms with Gasteiger partial charge in [0, 0.05) is 5.56 Å². The van der Waals surface area contributed by atoms with Crippen LogP contribution in [0.1, 0.15) is 16.7 Å². The molecule has 0 aliphatic carbocycles. The van der Waals surface area contributed by atoms with Crippen LogP contribution in [0.3, 0.4) is 0 Å². The highest BCUT2D eigenvalue weighted by Gasteiger charge is 2.19. The number of hydrogen-bond donors (Lipinski definition) is 4. The number of hydrogen-bond acceptors (Lipinski definition) is 4. The van der Waals surface area contributed by atoms with E-state index in [0.717, 1.165) is 11.1 Å². The number of benzene rings is 3. The summed E-state index contributed by atoms with van der Waals surface area (Å²) in [6.45, 7) is 7.50. The molecule has 3 aromatic rings. The highest BCUT2D eigenvalue weighted by Crippen LogP contribution is 2.38. The number of nitrogens with two attached hydrogens (primary N) is 1. The molecule has 1 unspecified atom stereocenters. The molecule has 172 valence electrons. The molecular formula is C27H29ClN2O3. The van der Waals surface area contributed by atoms with Gasteiger partial charge in [0.1, 0.15) is 11.5 Å². The summed E-state index contributed by atoms with van der Waals surface area (Å²) in [6.07, 6.45) is 4.89. The van der Waals surface area contributed by atoms with Gasteiger partial charge < -0.3 is 21.3 Å². The first kappa shape index (κ1) is 25.7. The van der Waals surface area contributed by atoms with Crippen molar-refractivity contribution < 1.29 is 15.0 Å². The van der Waals surface area contributed by atoms with Gasteiger partial charge in [0.15, 0.2) is 0 Å². The van der Waals surface area contributed by atoms with Gasteiger partial charge in [-0.15, -0.1) is 25.6 Å². The minimum absolute atomic E-state index is 0. The second kappa shape index (κ2) is 11.9. The van der Waals surface area contributed by atoms with Crippen LogP contribution in [0.4, 0.5) is 5.69 Å². The Kier molecular flexibility index (Phi) is 9.28. The quantitative estimate of drug-likeness (QED) is 0.260. The summed E-state index contributed by atoms with van der Waals surface area (Å²) < 4.78 is 0. The van der Waals surface area contributed by atoms with Crippen molar-refractivity contribution in [2.45, 2.75) is 25.3 Å². The molecule has 0 bridgehead atoms.